The van der Waals surface area contributed by atoms with Gasteiger partial charge in [0.2, 0.25) is 0 Å². The van der Waals surface area contributed by atoms with E-state index in [0.29, 0.717) is 12.1 Å². The van der Waals surface area contributed by atoms with E-state index >= 15 is 0 Å². The molecular formula is C22H42IN7. The fourth-order valence-electron chi connectivity index (χ4n) is 3.85. The summed E-state index contributed by atoms with van der Waals surface area (Å²) in [6.07, 6.45) is 2.98. The number of likely N-dealkylation sites (N-methyl/N-ethyl adjacent to an activating group) is 1. The molecule has 30 heavy (non-hydrogen) atoms. The number of pyridine rings is 1. The minimum Gasteiger partial charge on any atom is -0.356 e. The maximum atomic E-state index is 4.66. The largest absolute Gasteiger partial charge is 0.356 e. The monoisotopic (exact) mass is 531 g/mol. The van der Waals surface area contributed by atoms with Crippen molar-refractivity contribution in [2.75, 3.05) is 58.3 Å². The summed E-state index contributed by atoms with van der Waals surface area (Å²) in [4.78, 5) is 16.3. The van der Waals surface area contributed by atoms with Crippen molar-refractivity contribution in [2.45, 2.75) is 52.7 Å². The van der Waals surface area contributed by atoms with Gasteiger partial charge in [0.15, 0.2) is 5.96 Å². The Labute approximate surface area is 200 Å². The molecule has 2 rings (SSSR count). The van der Waals surface area contributed by atoms with Crippen LogP contribution >= 0.6 is 24.0 Å². The van der Waals surface area contributed by atoms with E-state index in [0.717, 1.165) is 64.0 Å². The number of piperazine rings is 1. The van der Waals surface area contributed by atoms with Crippen molar-refractivity contribution in [1.82, 2.24) is 25.4 Å². The molecule has 0 saturated carbocycles. The smallest absolute Gasteiger partial charge is 0.191 e. The maximum absolute atomic E-state index is 4.66. The Morgan fingerprint density at radius 2 is 1.80 bits per heavy atom. The van der Waals surface area contributed by atoms with Gasteiger partial charge < -0.3 is 20.4 Å². The molecule has 172 valence electrons. The normalized spacial score (nSPS) is 15.6. The molecule has 1 aliphatic rings. The van der Waals surface area contributed by atoms with E-state index in [2.05, 4.69) is 76.1 Å². The average molecular weight is 532 g/mol. The van der Waals surface area contributed by atoms with E-state index in [1.807, 2.05) is 19.3 Å². The number of anilines is 1. The summed E-state index contributed by atoms with van der Waals surface area (Å²) in [6, 6.07) is 5.32. The summed E-state index contributed by atoms with van der Waals surface area (Å²) in [6.45, 7) is 16.0. The molecule has 2 N–H and O–H groups in total. The minimum atomic E-state index is 0. The molecule has 8 heteroatoms. The summed E-state index contributed by atoms with van der Waals surface area (Å²) in [5, 5.41) is 6.91. The Kier molecular flexibility index (Phi) is 12.6. The highest BCUT2D eigenvalue weighted by Crippen LogP contribution is 2.18. The van der Waals surface area contributed by atoms with E-state index < -0.39 is 0 Å². The van der Waals surface area contributed by atoms with Gasteiger partial charge in [0, 0.05) is 76.7 Å². The van der Waals surface area contributed by atoms with Crippen LogP contribution < -0.4 is 15.5 Å². The van der Waals surface area contributed by atoms with E-state index in [1.54, 1.807) is 0 Å². The van der Waals surface area contributed by atoms with Crippen molar-refractivity contribution in [3.63, 3.8) is 0 Å². The minimum absolute atomic E-state index is 0. The Morgan fingerprint density at radius 1 is 1.13 bits per heavy atom. The van der Waals surface area contributed by atoms with Crippen LogP contribution in [0, 0.1) is 0 Å². The first-order chi connectivity index (χ1) is 13.9. The van der Waals surface area contributed by atoms with Gasteiger partial charge in [-0.1, -0.05) is 6.07 Å². The summed E-state index contributed by atoms with van der Waals surface area (Å²) >= 11 is 0. The molecule has 1 aliphatic heterocycles. The molecule has 0 spiro atoms. The first-order valence-corrected chi connectivity index (χ1v) is 11.0. The van der Waals surface area contributed by atoms with Crippen LogP contribution in [0.5, 0.6) is 0 Å². The number of hydrogen-bond acceptors (Lipinski definition) is 5. The Balaban J connectivity index is 0.00000450. The Hall–Kier alpha value is -1.13. The number of aliphatic imine (C=N–C) groups is 1. The number of nitrogens with zero attached hydrogens (tertiary/aromatic N) is 5. The third-order valence-corrected chi connectivity index (χ3v) is 5.55. The van der Waals surface area contributed by atoms with Crippen LogP contribution in [0.25, 0.3) is 0 Å². The standard InChI is InChI=1S/C22H41N7.HI/c1-18(2)29(19(3)4)12-8-11-25-22(23-5)26-17-20-9-7-10-24-21(20)28-15-13-27(6)14-16-28;/h7,9-10,18-19H,8,11-17H2,1-6H3,(H2,23,25,26);1H. The van der Waals surface area contributed by atoms with Gasteiger partial charge in [0.05, 0.1) is 0 Å². The third-order valence-electron chi connectivity index (χ3n) is 5.55. The van der Waals surface area contributed by atoms with Crippen LogP contribution in [0.15, 0.2) is 23.3 Å². The molecule has 2 heterocycles. The van der Waals surface area contributed by atoms with Crippen LogP contribution in [0.3, 0.4) is 0 Å². The van der Waals surface area contributed by atoms with Crippen molar-refractivity contribution < 1.29 is 0 Å². The number of hydrogen-bond donors (Lipinski definition) is 2. The molecule has 0 bridgehead atoms. The van der Waals surface area contributed by atoms with Gasteiger partial charge in [0.1, 0.15) is 5.82 Å². The predicted molar refractivity (Wildman–Crippen MR) is 139 cm³/mol. The lowest BCUT2D eigenvalue weighted by atomic mass is 10.2. The lowest BCUT2D eigenvalue weighted by Crippen LogP contribution is -2.45. The molecule has 0 radical (unpaired) electrons. The van der Waals surface area contributed by atoms with Crippen molar-refractivity contribution in [3.8, 4) is 0 Å². The fourth-order valence-corrected chi connectivity index (χ4v) is 3.85. The number of guanidine groups is 1. The predicted octanol–water partition coefficient (Wildman–Crippen LogP) is 2.63. The van der Waals surface area contributed by atoms with E-state index in [4.69, 9.17) is 0 Å². The van der Waals surface area contributed by atoms with E-state index in [-0.39, 0.29) is 24.0 Å². The molecule has 0 amide bonds. The quantitative estimate of drug-likeness (QED) is 0.221. The first-order valence-electron chi connectivity index (χ1n) is 11.0. The van der Waals surface area contributed by atoms with Gasteiger partial charge in [0.25, 0.3) is 0 Å². The van der Waals surface area contributed by atoms with Crippen molar-refractivity contribution in [2.24, 2.45) is 4.99 Å². The zero-order chi connectivity index (χ0) is 21.2. The van der Waals surface area contributed by atoms with Crippen LogP contribution in [-0.4, -0.2) is 86.2 Å². The highest BCUT2D eigenvalue weighted by Gasteiger charge is 2.18. The van der Waals surface area contributed by atoms with Gasteiger partial charge >= 0.3 is 0 Å². The Morgan fingerprint density at radius 3 is 2.40 bits per heavy atom. The second kappa shape index (κ2) is 14.0. The second-order valence-corrected chi connectivity index (χ2v) is 8.41. The van der Waals surface area contributed by atoms with Gasteiger partial charge in [-0.3, -0.25) is 9.89 Å². The number of aromatic nitrogens is 1. The van der Waals surface area contributed by atoms with E-state index in [9.17, 15) is 0 Å². The van der Waals surface area contributed by atoms with E-state index in [1.165, 1.54) is 5.56 Å². The number of halogens is 1. The number of nitrogens with one attached hydrogen (secondary N) is 2. The van der Waals surface area contributed by atoms with Crippen LogP contribution in [0.4, 0.5) is 5.82 Å². The maximum Gasteiger partial charge on any atom is 0.191 e. The van der Waals surface area contributed by atoms with Gasteiger partial charge in [-0.15, -0.1) is 24.0 Å². The topological polar surface area (TPSA) is 59.0 Å². The SMILES string of the molecule is CN=C(NCCCN(C(C)C)C(C)C)NCc1cccnc1N1CCN(C)CC1.I. The zero-order valence-corrected chi connectivity index (χ0v) is 22.0. The third kappa shape index (κ3) is 8.55. The highest BCUT2D eigenvalue weighted by molar-refractivity contribution is 14.0. The molecule has 0 aromatic carbocycles. The van der Waals surface area contributed by atoms with Crippen LogP contribution in [0.2, 0.25) is 0 Å². The lowest BCUT2D eigenvalue weighted by molar-refractivity contribution is 0.173. The van der Waals surface area contributed by atoms with Gasteiger partial charge in [-0.2, -0.15) is 0 Å². The summed E-state index contributed by atoms with van der Waals surface area (Å²) < 4.78 is 0. The molecule has 1 aromatic heterocycles. The molecule has 1 fully saturated rings. The van der Waals surface area contributed by atoms with Crippen molar-refractivity contribution in [1.29, 1.82) is 0 Å². The average Bonchev–Trinajstić information content (AvgIpc) is 2.70. The molecule has 7 nitrogen and oxygen atoms in total. The van der Waals surface area contributed by atoms with Gasteiger partial charge in [-0.25, -0.2) is 4.98 Å². The van der Waals surface area contributed by atoms with Crippen molar-refractivity contribution >= 4 is 35.8 Å². The zero-order valence-electron chi connectivity index (χ0n) is 19.7. The molecule has 0 atom stereocenters. The molecule has 0 unspecified atom stereocenters. The highest BCUT2D eigenvalue weighted by atomic mass is 127. The Bertz CT molecular complexity index is 620. The van der Waals surface area contributed by atoms with Crippen LogP contribution in [0.1, 0.15) is 39.7 Å². The summed E-state index contributed by atoms with van der Waals surface area (Å²) in [5.74, 6) is 1.94. The second-order valence-electron chi connectivity index (χ2n) is 8.41. The molecule has 1 aromatic rings. The van der Waals surface area contributed by atoms with Crippen molar-refractivity contribution in [3.05, 3.63) is 23.9 Å². The first kappa shape index (κ1) is 26.9. The lowest BCUT2D eigenvalue weighted by Gasteiger charge is -2.34. The molecular weight excluding hydrogens is 489 g/mol. The fraction of sp³-hybridized carbons (Fsp3) is 0.727. The summed E-state index contributed by atoms with van der Waals surface area (Å²) in [5.41, 5.74) is 1.21. The molecule has 0 aliphatic carbocycles. The van der Waals surface area contributed by atoms with Gasteiger partial charge in [-0.05, 0) is 47.2 Å². The van der Waals surface area contributed by atoms with Crippen LogP contribution in [-0.2, 0) is 6.54 Å². The molecule has 1 saturated heterocycles. The summed E-state index contributed by atoms with van der Waals surface area (Å²) in [7, 11) is 4.00. The number of rotatable bonds is 9.